The zero-order valence-corrected chi connectivity index (χ0v) is 22.0. The maximum Gasteiger partial charge on any atom is 2.00 e. The summed E-state index contributed by atoms with van der Waals surface area (Å²) in [5.74, 6) is -2.17. The molecule has 0 aliphatic heterocycles. The third-order valence-corrected chi connectivity index (χ3v) is 2.44. The first kappa shape index (κ1) is 38.2. The fraction of sp³-hybridized carbons (Fsp3) is 0.0909. The molecule has 0 aromatic carbocycles. The number of rotatable bonds is 0. The standard InChI is InChI=1S/6C3H4N2.2C2H4O2.Ni/c6*1-2-5-3-4-1;2*1-2(3)4;/h6*1-3H,(H,4,5);2*1H3,(H,3,4);/q;;;;;;;;+2/p-2. The molecule has 0 aliphatic rings. The summed E-state index contributed by atoms with van der Waals surface area (Å²) in [7, 11) is 0. The minimum atomic E-state index is -1.08. The number of hydrogen-bond acceptors (Lipinski definition) is 10. The molecule has 0 amide bonds. The van der Waals surface area contributed by atoms with E-state index in [4.69, 9.17) is 19.8 Å². The van der Waals surface area contributed by atoms with E-state index in [-0.39, 0.29) is 16.5 Å². The Hall–Kier alpha value is -5.31. The first-order chi connectivity index (χ1) is 18.5. The summed E-state index contributed by atoms with van der Waals surface area (Å²) in [6.45, 7) is 1.94. The summed E-state index contributed by atoms with van der Waals surface area (Å²) < 4.78 is 0. The van der Waals surface area contributed by atoms with Gasteiger partial charge in [0, 0.05) is 86.3 Å². The quantitative estimate of drug-likeness (QED) is 0.130. The first-order valence-corrected chi connectivity index (χ1v) is 10.4. The number of carboxylic acid groups (broad SMARTS) is 2. The van der Waals surface area contributed by atoms with E-state index in [1.54, 1.807) is 112 Å². The Labute approximate surface area is 234 Å². The van der Waals surface area contributed by atoms with Crippen molar-refractivity contribution in [2.45, 2.75) is 13.8 Å². The van der Waals surface area contributed by atoms with Crippen molar-refractivity contribution < 1.29 is 36.3 Å². The molecule has 6 rings (SSSR count). The smallest absolute Gasteiger partial charge is 0.550 e. The third-order valence-electron chi connectivity index (χ3n) is 2.44. The molecule has 39 heavy (non-hydrogen) atoms. The predicted octanol–water partition coefficient (Wildman–Crippen LogP) is -0.0319. The van der Waals surface area contributed by atoms with Crippen LogP contribution in [0, 0.1) is 0 Å². The number of aromatic nitrogens is 12. The normalized spacial score (nSPS) is 7.44. The van der Waals surface area contributed by atoms with Crippen LogP contribution in [0.15, 0.2) is 112 Å². The third kappa shape index (κ3) is 50.5. The molecule has 17 heteroatoms. The number of carbonyl (C=O) groups is 2. The Balaban J connectivity index is -0.000000379. The van der Waals surface area contributed by atoms with Crippen molar-refractivity contribution >= 4 is 11.9 Å². The fourth-order valence-corrected chi connectivity index (χ4v) is 1.29. The van der Waals surface area contributed by atoms with Crippen LogP contribution in [0.5, 0.6) is 0 Å². The number of aliphatic carboxylic acids is 2. The second-order valence-electron chi connectivity index (χ2n) is 5.55. The van der Waals surface area contributed by atoms with Crippen molar-refractivity contribution in [2.24, 2.45) is 0 Å². The monoisotopic (exact) mass is 584 g/mol. The Morgan fingerprint density at radius 1 is 0.436 bits per heavy atom. The molecule has 0 saturated heterocycles. The zero-order valence-electron chi connectivity index (χ0n) is 21.0. The van der Waals surface area contributed by atoms with E-state index in [0.717, 1.165) is 13.8 Å². The number of H-pyrrole nitrogens is 6. The molecule has 0 unspecified atom stereocenters. The van der Waals surface area contributed by atoms with Crippen LogP contribution in [-0.4, -0.2) is 71.7 Å². The maximum atomic E-state index is 8.89. The summed E-state index contributed by atoms with van der Waals surface area (Å²) in [4.78, 5) is 56.3. The van der Waals surface area contributed by atoms with E-state index < -0.39 is 11.9 Å². The van der Waals surface area contributed by atoms with Gasteiger partial charge in [-0.3, -0.25) is 0 Å². The van der Waals surface area contributed by atoms with Gasteiger partial charge in [-0.1, -0.05) is 0 Å². The second-order valence-corrected chi connectivity index (χ2v) is 5.55. The minimum absolute atomic E-state index is 0. The number of imidazole rings is 6. The van der Waals surface area contributed by atoms with Gasteiger partial charge in [0.15, 0.2) is 0 Å². The summed E-state index contributed by atoms with van der Waals surface area (Å²) >= 11 is 0. The zero-order chi connectivity index (χ0) is 28.4. The van der Waals surface area contributed by atoms with Crippen LogP contribution < -0.4 is 10.2 Å². The average molecular weight is 585 g/mol. The maximum absolute atomic E-state index is 8.89. The molecule has 6 N–H and O–H groups in total. The predicted molar refractivity (Wildman–Crippen MR) is 133 cm³/mol. The first-order valence-electron chi connectivity index (χ1n) is 10.4. The summed E-state index contributed by atoms with van der Waals surface area (Å²) in [6, 6.07) is 0. The largest absolute Gasteiger partial charge is 2.00 e. The van der Waals surface area contributed by atoms with Gasteiger partial charge in [-0.05, 0) is 13.8 Å². The van der Waals surface area contributed by atoms with Gasteiger partial charge >= 0.3 is 16.5 Å². The number of carbonyl (C=O) groups excluding carboxylic acids is 2. The van der Waals surface area contributed by atoms with Gasteiger partial charge in [0.1, 0.15) is 0 Å². The number of carboxylic acids is 2. The van der Waals surface area contributed by atoms with Gasteiger partial charge in [0.25, 0.3) is 0 Å². The summed E-state index contributed by atoms with van der Waals surface area (Å²) in [5.41, 5.74) is 0. The minimum Gasteiger partial charge on any atom is -0.550 e. The van der Waals surface area contributed by atoms with Crippen molar-refractivity contribution in [3.8, 4) is 0 Å². The van der Waals surface area contributed by atoms with Crippen LogP contribution in [0.3, 0.4) is 0 Å². The second kappa shape index (κ2) is 34.9. The van der Waals surface area contributed by atoms with E-state index in [2.05, 4.69) is 59.8 Å². The van der Waals surface area contributed by atoms with E-state index >= 15 is 0 Å². The van der Waals surface area contributed by atoms with E-state index in [1.165, 1.54) is 0 Å². The molecular formula is C22H30N12NiO4. The molecule has 0 saturated carbocycles. The molecule has 6 aromatic heterocycles. The summed E-state index contributed by atoms with van der Waals surface area (Å²) in [6.07, 6.45) is 30.5. The number of aromatic amines is 6. The van der Waals surface area contributed by atoms with Gasteiger partial charge in [-0.25, -0.2) is 29.9 Å². The molecule has 6 heterocycles. The van der Waals surface area contributed by atoms with Crippen molar-refractivity contribution in [2.75, 3.05) is 0 Å². The SMILES string of the molecule is CC(=O)[O-].CC(=O)[O-].[Ni+2].c1c[nH]cn1.c1c[nH]cn1.c1c[nH]cn1.c1c[nH]cn1.c1c[nH]cn1.c1c[nH]cn1. The van der Waals surface area contributed by atoms with Gasteiger partial charge in [-0.15, -0.1) is 0 Å². The molecule has 16 nitrogen and oxygen atoms in total. The fourth-order valence-electron chi connectivity index (χ4n) is 1.29. The van der Waals surface area contributed by atoms with Crippen LogP contribution in [0.4, 0.5) is 0 Å². The van der Waals surface area contributed by atoms with E-state index in [1.807, 2.05) is 0 Å². The number of nitrogens with zero attached hydrogens (tertiary/aromatic N) is 6. The number of nitrogens with one attached hydrogen (secondary N) is 6. The van der Waals surface area contributed by atoms with E-state index in [0.29, 0.717) is 0 Å². The molecular weight excluding hydrogens is 555 g/mol. The van der Waals surface area contributed by atoms with Crippen molar-refractivity contribution in [1.82, 2.24) is 59.8 Å². The van der Waals surface area contributed by atoms with Gasteiger partial charge < -0.3 is 49.7 Å². The van der Waals surface area contributed by atoms with Gasteiger partial charge in [-0.2, -0.15) is 0 Å². The van der Waals surface area contributed by atoms with Crippen LogP contribution in [0.1, 0.15) is 13.8 Å². The topological polar surface area (TPSA) is 252 Å². The molecule has 212 valence electrons. The van der Waals surface area contributed by atoms with E-state index in [9.17, 15) is 0 Å². The Morgan fingerprint density at radius 2 is 0.564 bits per heavy atom. The average Bonchev–Trinajstić information content (AvgIpc) is 3.82. The molecule has 0 bridgehead atoms. The summed E-state index contributed by atoms with van der Waals surface area (Å²) in [5, 5.41) is 17.8. The molecule has 0 atom stereocenters. The molecule has 6 aromatic rings. The molecule has 0 aliphatic carbocycles. The van der Waals surface area contributed by atoms with Gasteiger partial charge in [0.05, 0.1) is 38.0 Å². The Bertz CT molecular complexity index is 760. The molecule has 0 fully saturated rings. The Morgan fingerprint density at radius 3 is 0.590 bits per heavy atom. The van der Waals surface area contributed by atoms with Gasteiger partial charge in [0.2, 0.25) is 0 Å². The van der Waals surface area contributed by atoms with Crippen LogP contribution in [0.25, 0.3) is 0 Å². The Kier molecular flexibility index (Phi) is 34.2. The molecule has 0 spiro atoms. The molecule has 0 radical (unpaired) electrons. The van der Waals surface area contributed by atoms with Crippen molar-refractivity contribution in [3.63, 3.8) is 0 Å². The van der Waals surface area contributed by atoms with Crippen LogP contribution >= 0.6 is 0 Å². The van der Waals surface area contributed by atoms with Crippen LogP contribution in [0.2, 0.25) is 0 Å². The number of hydrogen-bond donors (Lipinski definition) is 6. The van der Waals surface area contributed by atoms with Crippen LogP contribution in [-0.2, 0) is 26.1 Å². The van der Waals surface area contributed by atoms with Crippen molar-refractivity contribution in [3.05, 3.63) is 112 Å². The van der Waals surface area contributed by atoms with Crippen molar-refractivity contribution in [1.29, 1.82) is 0 Å².